The zero-order valence-corrected chi connectivity index (χ0v) is 18.3. The first kappa shape index (κ1) is 22.7. The van der Waals surface area contributed by atoms with Gasteiger partial charge in [-0.25, -0.2) is 21.9 Å². The van der Waals surface area contributed by atoms with E-state index in [9.17, 15) is 22.0 Å². The lowest BCUT2D eigenvalue weighted by Crippen LogP contribution is -2.31. The molecule has 2 aromatic heterocycles. The molecule has 10 heteroatoms. The van der Waals surface area contributed by atoms with Crippen molar-refractivity contribution in [2.75, 3.05) is 5.75 Å². The summed E-state index contributed by atoms with van der Waals surface area (Å²) in [7, 11) is -2.02. The van der Waals surface area contributed by atoms with Crippen LogP contribution in [0.5, 0.6) is 0 Å². The average Bonchev–Trinajstić information content (AvgIpc) is 3.19. The minimum atomic E-state index is -3.71. The molecule has 1 N–H and O–H groups in total. The highest BCUT2D eigenvalue weighted by Gasteiger charge is 2.17. The largest absolute Gasteiger partial charge is 0.301 e. The average molecular weight is 451 g/mol. The molecule has 0 fully saturated rings. The first-order valence-electron chi connectivity index (χ1n) is 9.85. The predicted octanol–water partition coefficient (Wildman–Crippen LogP) is 3.60. The lowest BCUT2D eigenvalue weighted by molar-refractivity contribution is -0.114. The first-order chi connectivity index (χ1) is 14.6. The van der Waals surface area contributed by atoms with Gasteiger partial charge >= 0.3 is 0 Å². The quantitative estimate of drug-likeness (QED) is 0.420. The molecule has 0 bridgehead atoms. The maximum absolute atomic E-state index is 13.8. The van der Waals surface area contributed by atoms with Crippen LogP contribution in [0.3, 0.4) is 0 Å². The number of carbonyl (C=O) groups excluding carboxylic acids is 1. The fraction of sp³-hybridized carbons (Fsp3) is 0.333. The van der Waals surface area contributed by atoms with Crippen LogP contribution >= 0.6 is 0 Å². The molecule has 3 rings (SSSR count). The van der Waals surface area contributed by atoms with Crippen LogP contribution in [0.1, 0.15) is 37.4 Å². The summed E-state index contributed by atoms with van der Waals surface area (Å²) < 4.78 is 56.6. The number of halogens is 2. The SMILES string of the molecule is CCCCCS(=O)(=O)NC(=O)C=Cc1c(C)nn(C)c1-n1ccc2cc(F)c(F)cc21. The van der Waals surface area contributed by atoms with Crippen molar-refractivity contribution in [1.29, 1.82) is 0 Å². The van der Waals surface area contributed by atoms with Gasteiger partial charge in [0.25, 0.3) is 5.91 Å². The number of hydrogen-bond acceptors (Lipinski definition) is 4. The van der Waals surface area contributed by atoms with Gasteiger partial charge in [0.05, 0.1) is 17.0 Å². The van der Waals surface area contributed by atoms with E-state index in [1.165, 1.54) is 6.08 Å². The molecule has 1 amide bonds. The second-order valence-corrected chi connectivity index (χ2v) is 9.12. The summed E-state index contributed by atoms with van der Waals surface area (Å²) in [6.45, 7) is 3.69. The van der Waals surface area contributed by atoms with E-state index in [4.69, 9.17) is 0 Å². The van der Waals surface area contributed by atoms with Crippen LogP contribution in [0.2, 0.25) is 0 Å². The number of carbonyl (C=O) groups is 1. The number of rotatable bonds is 8. The van der Waals surface area contributed by atoms with E-state index in [2.05, 4.69) is 5.10 Å². The summed E-state index contributed by atoms with van der Waals surface area (Å²) in [4.78, 5) is 12.2. The Labute approximate surface area is 179 Å². The van der Waals surface area contributed by atoms with Crippen LogP contribution in [0, 0.1) is 18.6 Å². The molecular formula is C21H24F2N4O3S. The molecule has 0 radical (unpaired) electrons. The van der Waals surface area contributed by atoms with E-state index >= 15 is 0 Å². The van der Waals surface area contributed by atoms with Gasteiger partial charge in [0, 0.05) is 36.3 Å². The number of nitrogens with one attached hydrogen (secondary N) is 1. The standard InChI is InChI=1S/C21H24F2N4O3S/c1-4-5-6-11-31(29,30)25-20(28)8-7-16-14(2)24-26(3)21(16)27-10-9-15-12-17(22)18(23)13-19(15)27/h7-10,12-13H,4-6,11H2,1-3H3,(H,25,28). The maximum atomic E-state index is 13.8. The number of sulfonamides is 1. The Balaban J connectivity index is 1.91. The van der Waals surface area contributed by atoms with Crippen LogP contribution in [0.15, 0.2) is 30.5 Å². The van der Waals surface area contributed by atoms with E-state index in [1.54, 1.807) is 35.5 Å². The van der Waals surface area contributed by atoms with Gasteiger partial charge in [-0.2, -0.15) is 5.10 Å². The van der Waals surface area contributed by atoms with Crippen molar-refractivity contribution in [2.24, 2.45) is 7.05 Å². The molecule has 1 aromatic carbocycles. The van der Waals surface area contributed by atoms with E-state index in [1.807, 2.05) is 11.6 Å². The van der Waals surface area contributed by atoms with Gasteiger partial charge in [-0.15, -0.1) is 0 Å². The van der Waals surface area contributed by atoms with Crippen molar-refractivity contribution in [1.82, 2.24) is 19.1 Å². The van der Waals surface area contributed by atoms with Crippen LogP contribution in [0.25, 0.3) is 22.8 Å². The summed E-state index contributed by atoms with van der Waals surface area (Å²) in [6.07, 6.45) is 6.34. The molecular weight excluding hydrogens is 426 g/mol. The Kier molecular flexibility index (Phi) is 6.59. The summed E-state index contributed by atoms with van der Waals surface area (Å²) in [5.74, 6) is -2.28. The Morgan fingerprint density at radius 2 is 1.94 bits per heavy atom. The van der Waals surface area contributed by atoms with E-state index in [0.29, 0.717) is 34.4 Å². The first-order valence-corrected chi connectivity index (χ1v) is 11.5. The number of fused-ring (bicyclic) bond motifs is 1. The van der Waals surface area contributed by atoms with Crippen LogP contribution in [0.4, 0.5) is 8.78 Å². The monoisotopic (exact) mass is 450 g/mol. The molecule has 2 heterocycles. The molecule has 7 nitrogen and oxygen atoms in total. The maximum Gasteiger partial charge on any atom is 0.257 e. The molecule has 0 aliphatic rings. The molecule has 31 heavy (non-hydrogen) atoms. The van der Waals surface area contributed by atoms with Crippen molar-refractivity contribution in [2.45, 2.75) is 33.1 Å². The Morgan fingerprint density at radius 3 is 2.65 bits per heavy atom. The van der Waals surface area contributed by atoms with Gasteiger partial charge in [0.2, 0.25) is 10.0 Å². The van der Waals surface area contributed by atoms with Crippen LogP contribution in [-0.2, 0) is 21.9 Å². The molecule has 0 aliphatic heterocycles. The van der Waals surface area contributed by atoms with Gasteiger partial charge in [-0.05, 0) is 31.6 Å². The second kappa shape index (κ2) is 9.01. The highest BCUT2D eigenvalue weighted by molar-refractivity contribution is 7.90. The zero-order valence-electron chi connectivity index (χ0n) is 17.5. The van der Waals surface area contributed by atoms with Crippen molar-refractivity contribution >= 4 is 32.9 Å². The van der Waals surface area contributed by atoms with Crippen molar-refractivity contribution in [3.8, 4) is 5.82 Å². The number of hydrogen-bond donors (Lipinski definition) is 1. The number of unbranched alkanes of at least 4 members (excludes halogenated alkanes) is 2. The third-order valence-electron chi connectivity index (χ3n) is 4.87. The van der Waals surface area contributed by atoms with Crippen molar-refractivity contribution in [3.05, 3.63) is 53.4 Å². The third-order valence-corrected chi connectivity index (χ3v) is 6.21. The van der Waals surface area contributed by atoms with Gasteiger partial charge in [0.15, 0.2) is 11.6 Å². The third kappa shape index (κ3) is 5.01. The zero-order chi connectivity index (χ0) is 22.8. The molecule has 0 aliphatic carbocycles. The highest BCUT2D eigenvalue weighted by Crippen LogP contribution is 2.27. The predicted molar refractivity (Wildman–Crippen MR) is 115 cm³/mol. The van der Waals surface area contributed by atoms with E-state index in [-0.39, 0.29) is 5.75 Å². The minimum absolute atomic E-state index is 0.116. The summed E-state index contributed by atoms with van der Waals surface area (Å²) in [6, 6.07) is 3.84. The normalized spacial score (nSPS) is 12.2. The lowest BCUT2D eigenvalue weighted by atomic mass is 10.2. The Bertz CT molecular complexity index is 1260. The number of nitrogens with zero attached hydrogens (tertiary/aromatic N) is 3. The smallest absolute Gasteiger partial charge is 0.257 e. The molecule has 0 atom stereocenters. The number of aromatic nitrogens is 3. The topological polar surface area (TPSA) is 86.0 Å². The fourth-order valence-electron chi connectivity index (χ4n) is 3.40. The fourth-order valence-corrected chi connectivity index (χ4v) is 4.46. The summed E-state index contributed by atoms with van der Waals surface area (Å²) >= 11 is 0. The van der Waals surface area contributed by atoms with Crippen LogP contribution < -0.4 is 4.72 Å². The number of amides is 1. The molecule has 3 aromatic rings. The molecule has 0 saturated heterocycles. The minimum Gasteiger partial charge on any atom is -0.301 e. The summed E-state index contributed by atoms with van der Waals surface area (Å²) in [5, 5.41) is 4.85. The molecule has 166 valence electrons. The summed E-state index contributed by atoms with van der Waals surface area (Å²) in [5.41, 5.74) is 1.56. The Hall–Kier alpha value is -3.01. The van der Waals surface area contributed by atoms with Gasteiger partial charge < -0.3 is 4.57 Å². The van der Waals surface area contributed by atoms with Crippen LogP contribution in [-0.4, -0.2) is 34.4 Å². The van der Waals surface area contributed by atoms with Crippen molar-refractivity contribution in [3.63, 3.8) is 0 Å². The van der Waals surface area contributed by atoms with Gasteiger partial charge in [-0.1, -0.05) is 19.8 Å². The van der Waals surface area contributed by atoms with E-state index in [0.717, 1.165) is 31.1 Å². The molecule has 0 spiro atoms. The highest BCUT2D eigenvalue weighted by atomic mass is 32.2. The Morgan fingerprint density at radius 1 is 1.23 bits per heavy atom. The molecule has 0 saturated carbocycles. The number of aryl methyl sites for hydroxylation is 2. The molecule has 0 unspecified atom stereocenters. The number of benzene rings is 1. The van der Waals surface area contributed by atoms with Gasteiger partial charge in [-0.3, -0.25) is 9.48 Å². The van der Waals surface area contributed by atoms with E-state index < -0.39 is 27.6 Å². The van der Waals surface area contributed by atoms with Crippen molar-refractivity contribution < 1.29 is 22.0 Å². The van der Waals surface area contributed by atoms with Gasteiger partial charge in [0.1, 0.15) is 5.82 Å². The second-order valence-electron chi connectivity index (χ2n) is 7.28. The lowest BCUT2D eigenvalue weighted by Gasteiger charge is -2.08.